The Morgan fingerprint density at radius 2 is 1.97 bits per heavy atom. The zero-order valence-corrected chi connectivity index (χ0v) is 19.0. The van der Waals surface area contributed by atoms with Crippen molar-refractivity contribution >= 4 is 29.4 Å². The quantitative estimate of drug-likeness (QED) is 0.487. The van der Waals surface area contributed by atoms with Crippen molar-refractivity contribution in [3.05, 3.63) is 58.9 Å². The lowest BCUT2D eigenvalue weighted by Crippen LogP contribution is -2.46. The van der Waals surface area contributed by atoms with E-state index >= 15 is 0 Å². The summed E-state index contributed by atoms with van der Waals surface area (Å²) in [4.78, 5) is 39.0. The van der Waals surface area contributed by atoms with Gasteiger partial charge in [0.2, 0.25) is 11.7 Å². The minimum atomic E-state index is -0.601. The third-order valence-electron chi connectivity index (χ3n) is 6.40. The molecule has 0 saturated carbocycles. The topological polar surface area (TPSA) is 68.6 Å². The van der Waals surface area contributed by atoms with Gasteiger partial charge < -0.3 is 14.2 Å². The molecule has 2 saturated heterocycles. The summed E-state index contributed by atoms with van der Waals surface area (Å²) in [6.07, 6.45) is 2.08. The molecule has 2 atom stereocenters. The van der Waals surface area contributed by atoms with E-state index in [1.165, 1.54) is 5.56 Å². The molecule has 0 bridgehead atoms. The van der Waals surface area contributed by atoms with Gasteiger partial charge in [0.1, 0.15) is 6.04 Å². The lowest BCUT2D eigenvalue weighted by Gasteiger charge is -2.29. The molecule has 31 heavy (non-hydrogen) atoms. The highest BCUT2D eigenvalue weighted by atomic mass is 32.2. The summed E-state index contributed by atoms with van der Waals surface area (Å²) in [6, 6.07) is 11.5. The molecule has 0 radical (unpaired) electrons. The summed E-state index contributed by atoms with van der Waals surface area (Å²) in [5, 5.41) is 0. The van der Waals surface area contributed by atoms with E-state index in [-0.39, 0.29) is 23.2 Å². The smallest absolute Gasteiger partial charge is 0.330 e. The largest absolute Gasteiger partial charge is 0.456 e. The number of rotatable bonds is 7. The lowest BCUT2D eigenvalue weighted by atomic mass is 10.1. The average molecular weight is 441 g/mol. The van der Waals surface area contributed by atoms with E-state index in [1.807, 2.05) is 45.0 Å². The number of benzene rings is 1. The number of aromatic nitrogens is 1. The molecule has 1 aromatic carbocycles. The molecule has 2 aliphatic rings. The summed E-state index contributed by atoms with van der Waals surface area (Å²) in [5.41, 5.74) is 3.72. The number of fused-ring (bicyclic) bond motifs is 1. The summed E-state index contributed by atoms with van der Waals surface area (Å²) in [6.45, 7) is 6.38. The van der Waals surface area contributed by atoms with Crippen molar-refractivity contribution in [2.24, 2.45) is 0 Å². The van der Waals surface area contributed by atoms with Crippen LogP contribution in [0.15, 0.2) is 36.4 Å². The van der Waals surface area contributed by atoms with Crippen molar-refractivity contribution in [3.63, 3.8) is 0 Å². The Kier molecular flexibility index (Phi) is 5.97. The molecule has 0 N–H and O–H groups in total. The summed E-state index contributed by atoms with van der Waals surface area (Å²) in [7, 11) is 0. The van der Waals surface area contributed by atoms with Gasteiger partial charge in [-0.2, -0.15) is 0 Å². The van der Waals surface area contributed by atoms with Crippen molar-refractivity contribution in [2.75, 3.05) is 12.4 Å². The van der Waals surface area contributed by atoms with E-state index < -0.39 is 12.0 Å². The fraction of sp³-hybridized carbons (Fsp3) is 0.458. The third kappa shape index (κ3) is 4.15. The molecule has 2 fully saturated rings. The SMILES string of the molecule is Cc1cc(C(=O)COC(=O)C2CSC3(C)CCC(=O)N23)c(C)n1CCc1ccccc1. The summed E-state index contributed by atoms with van der Waals surface area (Å²) >= 11 is 1.61. The highest BCUT2D eigenvalue weighted by molar-refractivity contribution is 8.01. The maximum Gasteiger partial charge on any atom is 0.330 e. The molecule has 1 aromatic heterocycles. The summed E-state index contributed by atoms with van der Waals surface area (Å²) in [5.74, 6) is -0.197. The Balaban J connectivity index is 1.38. The van der Waals surface area contributed by atoms with Crippen molar-refractivity contribution in [1.82, 2.24) is 9.47 Å². The number of aryl methyl sites for hydroxylation is 2. The number of hydrogen-bond donors (Lipinski definition) is 0. The van der Waals surface area contributed by atoms with E-state index in [0.29, 0.717) is 17.7 Å². The van der Waals surface area contributed by atoms with Gasteiger partial charge in [-0.3, -0.25) is 9.59 Å². The number of carbonyl (C=O) groups excluding carboxylic acids is 3. The van der Waals surface area contributed by atoms with Gasteiger partial charge >= 0.3 is 5.97 Å². The molecular weight excluding hydrogens is 412 g/mol. The van der Waals surface area contributed by atoms with Crippen LogP contribution in [0, 0.1) is 13.8 Å². The van der Waals surface area contributed by atoms with Crippen LogP contribution in [0.2, 0.25) is 0 Å². The Bertz CT molecular complexity index is 1020. The number of ketones is 1. The van der Waals surface area contributed by atoms with Crippen LogP contribution in [-0.4, -0.2) is 50.4 Å². The predicted molar refractivity (Wildman–Crippen MR) is 120 cm³/mol. The zero-order chi connectivity index (χ0) is 22.2. The van der Waals surface area contributed by atoms with Gasteiger partial charge in [-0.15, -0.1) is 11.8 Å². The highest BCUT2D eigenvalue weighted by Gasteiger charge is 2.53. The molecule has 4 rings (SSSR count). The highest BCUT2D eigenvalue weighted by Crippen LogP contribution is 2.47. The zero-order valence-electron chi connectivity index (χ0n) is 18.2. The molecule has 6 nitrogen and oxygen atoms in total. The van der Waals surface area contributed by atoms with E-state index in [2.05, 4.69) is 16.7 Å². The molecular formula is C24H28N2O4S. The number of ether oxygens (including phenoxy) is 1. The van der Waals surface area contributed by atoms with Crippen LogP contribution >= 0.6 is 11.8 Å². The van der Waals surface area contributed by atoms with Gasteiger partial charge in [-0.25, -0.2) is 4.79 Å². The fourth-order valence-electron chi connectivity index (χ4n) is 4.62. The van der Waals surface area contributed by atoms with Crippen LogP contribution in [0.4, 0.5) is 0 Å². The minimum Gasteiger partial charge on any atom is -0.456 e. The number of carbonyl (C=O) groups is 3. The Hall–Kier alpha value is -2.54. The van der Waals surface area contributed by atoms with Gasteiger partial charge in [0.05, 0.1) is 4.87 Å². The van der Waals surface area contributed by atoms with Crippen LogP contribution < -0.4 is 0 Å². The van der Waals surface area contributed by atoms with Gasteiger partial charge in [-0.05, 0) is 45.2 Å². The first kappa shape index (κ1) is 21.7. The van der Waals surface area contributed by atoms with E-state index in [0.717, 1.165) is 30.8 Å². The number of hydrogen-bond acceptors (Lipinski definition) is 5. The van der Waals surface area contributed by atoms with Gasteiger partial charge in [0.25, 0.3) is 0 Å². The van der Waals surface area contributed by atoms with Crippen molar-refractivity contribution in [1.29, 1.82) is 0 Å². The van der Waals surface area contributed by atoms with Gasteiger partial charge in [0, 0.05) is 35.7 Å². The van der Waals surface area contributed by atoms with Crippen LogP contribution in [-0.2, 0) is 27.3 Å². The van der Waals surface area contributed by atoms with E-state index in [4.69, 9.17) is 4.74 Å². The Labute approximate surface area is 186 Å². The molecule has 7 heteroatoms. The number of amides is 1. The van der Waals surface area contributed by atoms with Crippen LogP contribution in [0.5, 0.6) is 0 Å². The minimum absolute atomic E-state index is 0.0114. The molecule has 164 valence electrons. The van der Waals surface area contributed by atoms with Gasteiger partial charge in [-0.1, -0.05) is 30.3 Å². The first-order valence-corrected chi connectivity index (χ1v) is 11.7. The maximum atomic E-state index is 12.8. The van der Waals surface area contributed by atoms with Crippen molar-refractivity contribution in [3.8, 4) is 0 Å². The number of nitrogens with zero attached hydrogens (tertiary/aromatic N) is 2. The maximum absolute atomic E-state index is 12.8. The standard InChI is InChI=1S/C24H28N2O4S/c1-16-13-19(17(2)25(16)12-10-18-7-5-4-6-8-18)21(27)14-30-23(29)20-15-31-24(3)11-9-22(28)26(20)24/h4-8,13,20H,9-12,14-15H2,1-3H3. The lowest BCUT2D eigenvalue weighted by molar-refractivity contribution is -0.152. The molecule has 2 aliphatic heterocycles. The van der Waals surface area contributed by atoms with Crippen molar-refractivity contribution in [2.45, 2.75) is 57.5 Å². The molecule has 2 aromatic rings. The average Bonchev–Trinajstić information content (AvgIpc) is 3.36. The van der Waals surface area contributed by atoms with E-state index in [9.17, 15) is 14.4 Å². The molecule has 0 spiro atoms. The second-order valence-electron chi connectivity index (χ2n) is 8.47. The number of esters is 1. The predicted octanol–water partition coefficient (Wildman–Crippen LogP) is 3.53. The number of thioether (sulfide) groups is 1. The molecule has 3 heterocycles. The molecule has 2 unspecified atom stereocenters. The van der Waals surface area contributed by atoms with Crippen LogP contribution in [0.3, 0.4) is 0 Å². The molecule has 0 aliphatic carbocycles. The Morgan fingerprint density at radius 1 is 1.23 bits per heavy atom. The summed E-state index contributed by atoms with van der Waals surface area (Å²) < 4.78 is 7.50. The van der Waals surface area contributed by atoms with Gasteiger partial charge in [0.15, 0.2) is 6.61 Å². The van der Waals surface area contributed by atoms with Crippen LogP contribution in [0.1, 0.15) is 47.1 Å². The fourth-order valence-corrected chi connectivity index (χ4v) is 6.04. The second kappa shape index (κ2) is 8.54. The first-order chi connectivity index (χ1) is 14.8. The first-order valence-electron chi connectivity index (χ1n) is 10.7. The van der Waals surface area contributed by atoms with Crippen molar-refractivity contribution < 1.29 is 19.1 Å². The van der Waals surface area contributed by atoms with E-state index in [1.54, 1.807) is 16.7 Å². The normalized spacial score (nSPS) is 22.6. The number of Topliss-reactive ketones (excluding diaryl/α,β-unsaturated/α-hetero) is 1. The monoisotopic (exact) mass is 440 g/mol. The second-order valence-corrected chi connectivity index (χ2v) is 9.97. The Morgan fingerprint density at radius 3 is 2.71 bits per heavy atom. The third-order valence-corrected chi connectivity index (χ3v) is 7.91. The van der Waals surface area contributed by atoms with Crippen LogP contribution in [0.25, 0.3) is 0 Å². The molecule has 1 amide bonds.